The molecule has 0 radical (unpaired) electrons. The van der Waals surface area contributed by atoms with Crippen molar-refractivity contribution in [1.82, 2.24) is 20.3 Å². The second-order valence-corrected chi connectivity index (χ2v) is 8.53. The predicted octanol–water partition coefficient (Wildman–Crippen LogP) is 4.14. The van der Waals surface area contributed by atoms with E-state index in [4.69, 9.17) is 5.73 Å². The summed E-state index contributed by atoms with van der Waals surface area (Å²) in [5.74, 6) is 0.374. The molecule has 1 aliphatic rings. The zero-order valence-corrected chi connectivity index (χ0v) is 17.6. The van der Waals surface area contributed by atoms with Crippen LogP contribution in [0.15, 0.2) is 67.2 Å². The smallest absolute Gasteiger partial charge is 0.227 e. The number of aromatic nitrogens is 3. The van der Waals surface area contributed by atoms with Crippen LogP contribution in [0.25, 0.3) is 25.9 Å². The highest BCUT2D eigenvalue weighted by Gasteiger charge is 2.19. The zero-order chi connectivity index (χ0) is 21.2. The molecule has 1 aromatic carbocycles. The lowest BCUT2D eigenvalue weighted by Gasteiger charge is -2.17. The van der Waals surface area contributed by atoms with Crippen molar-refractivity contribution in [3.05, 3.63) is 78.4 Å². The number of allylic oxidation sites excluding steroid dienone is 3. The molecule has 3 N–H and O–H groups in total. The molecule has 0 saturated carbocycles. The molecule has 0 saturated heterocycles. The summed E-state index contributed by atoms with van der Waals surface area (Å²) in [6.45, 7) is 0.579. The van der Waals surface area contributed by atoms with Gasteiger partial charge >= 0.3 is 0 Å². The first-order chi connectivity index (χ1) is 15.2. The van der Waals surface area contributed by atoms with E-state index in [0.717, 1.165) is 43.6 Å². The van der Waals surface area contributed by atoms with Crippen LogP contribution >= 0.6 is 11.3 Å². The highest BCUT2D eigenvalue weighted by molar-refractivity contribution is 7.26. The van der Waals surface area contributed by atoms with Crippen LogP contribution in [0.4, 0.5) is 5.82 Å². The van der Waals surface area contributed by atoms with Gasteiger partial charge in [-0.05, 0) is 35.8 Å². The topological polar surface area (TPSA) is 93.8 Å². The number of hydrogen-bond acceptors (Lipinski definition) is 6. The Labute approximate surface area is 183 Å². The van der Waals surface area contributed by atoms with E-state index in [0.29, 0.717) is 18.8 Å². The first-order valence-electron chi connectivity index (χ1n) is 10.2. The largest absolute Gasteiger partial charge is 0.382 e. The molecule has 31 heavy (non-hydrogen) atoms. The molecule has 1 atom stereocenters. The fraction of sp³-hybridized carbons (Fsp3) is 0.167. The summed E-state index contributed by atoms with van der Waals surface area (Å²) in [5.41, 5.74) is 10.0. The molecular weight excluding hydrogens is 406 g/mol. The summed E-state index contributed by atoms with van der Waals surface area (Å²) in [6.07, 6.45) is 10.9. The molecule has 5 rings (SSSR count). The van der Waals surface area contributed by atoms with Crippen LogP contribution in [0.3, 0.4) is 0 Å². The molecule has 3 aromatic heterocycles. The summed E-state index contributed by atoms with van der Waals surface area (Å²) in [7, 11) is 0. The molecule has 154 valence electrons. The summed E-state index contributed by atoms with van der Waals surface area (Å²) >= 11 is 1.60. The molecule has 3 heterocycles. The van der Waals surface area contributed by atoms with Gasteiger partial charge in [0.15, 0.2) is 0 Å². The fourth-order valence-electron chi connectivity index (χ4n) is 3.82. The van der Waals surface area contributed by atoms with Gasteiger partial charge < -0.3 is 11.1 Å². The van der Waals surface area contributed by atoms with Crippen molar-refractivity contribution >= 4 is 48.9 Å². The summed E-state index contributed by atoms with van der Waals surface area (Å²) in [4.78, 5) is 25.5. The number of nitrogens with two attached hydrogens (primary N) is 1. The van der Waals surface area contributed by atoms with E-state index < -0.39 is 0 Å². The third-order valence-corrected chi connectivity index (χ3v) is 6.59. The lowest BCUT2D eigenvalue weighted by atomic mass is 9.91. The van der Waals surface area contributed by atoms with E-state index in [-0.39, 0.29) is 11.8 Å². The number of nitrogen functional groups attached to an aromatic ring is 1. The third-order valence-electron chi connectivity index (χ3n) is 5.42. The van der Waals surface area contributed by atoms with Crippen molar-refractivity contribution in [1.29, 1.82) is 0 Å². The normalized spacial score (nSPS) is 15.9. The van der Waals surface area contributed by atoms with Crippen LogP contribution in [0.2, 0.25) is 0 Å². The monoisotopic (exact) mass is 427 g/mol. The highest BCUT2D eigenvalue weighted by atomic mass is 32.1. The Bertz CT molecular complexity index is 1330. The summed E-state index contributed by atoms with van der Waals surface area (Å²) < 4.78 is 2.02. The Balaban J connectivity index is 1.34. The van der Waals surface area contributed by atoms with Gasteiger partial charge in [0.2, 0.25) is 5.91 Å². The maximum atomic E-state index is 12.7. The Kier molecular flexibility index (Phi) is 5.18. The number of amides is 1. The number of nitrogens with one attached hydrogen (secondary N) is 1. The van der Waals surface area contributed by atoms with Gasteiger partial charge in [-0.2, -0.15) is 0 Å². The molecule has 0 fully saturated rings. The van der Waals surface area contributed by atoms with Crippen LogP contribution in [-0.2, 0) is 11.2 Å². The average Bonchev–Trinajstić information content (AvgIpc) is 3.19. The van der Waals surface area contributed by atoms with Crippen LogP contribution in [0.1, 0.15) is 17.7 Å². The van der Waals surface area contributed by atoms with E-state index in [1.807, 2.05) is 18.2 Å². The Morgan fingerprint density at radius 1 is 1.19 bits per heavy atom. The van der Waals surface area contributed by atoms with Crippen molar-refractivity contribution in [2.24, 2.45) is 5.92 Å². The Morgan fingerprint density at radius 3 is 3.00 bits per heavy atom. The Hall–Kier alpha value is -3.58. The lowest BCUT2D eigenvalue weighted by Crippen LogP contribution is -2.32. The number of fused-ring (bicyclic) bond motifs is 3. The van der Waals surface area contributed by atoms with Crippen molar-refractivity contribution < 1.29 is 4.79 Å². The van der Waals surface area contributed by atoms with Gasteiger partial charge in [0.25, 0.3) is 0 Å². The zero-order valence-electron chi connectivity index (χ0n) is 16.8. The van der Waals surface area contributed by atoms with Crippen LogP contribution in [0.5, 0.6) is 0 Å². The van der Waals surface area contributed by atoms with Crippen molar-refractivity contribution in [2.45, 2.75) is 12.8 Å². The SMILES string of the molecule is Nc1ncnc2c1sc1cc(C3=CC(C(=O)NCCc4ccccn4)CC=C3)ccc12. The second-order valence-electron chi connectivity index (χ2n) is 7.48. The molecule has 0 aliphatic heterocycles. The molecule has 1 amide bonds. The fourth-order valence-corrected chi connectivity index (χ4v) is 4.92. The highest BCUT2D eigenvalue weighted by Crippen LogP contribution is 2.37. The van der Waals surface area contributed by atoms with Crippen molar-refractivity contribution in [3.8, 4) is 0 Å². The number of rotatable bonds is 5. The second kappa shape index (κ2) is 8.28. The number of carbonyl (C=O) groups excluding carboxylic acids is 1. The molecule has 1 aliphatic carbocycles. The first-order valence-corrected chi connectivity index (χ1v) is 11.0. The van der Waals surface area contributed by atoms with Crippen LogP contribution < -0.4 is 11.1 Å². The van der Waals surface area contributed by atoms with Gasteiger partial charge in [0, 0.05) is 34.9 Å². The van der Waals surface area contributed by atoms with Crippen molar-refractivity contribution in [2.75, 3.05) is 12.3 Å². The average molecular weight is 428 g/mol. The van der Waals surface area contributed by atoms with E-state index in [2.05, 4.69) is 56.7 Å². The Morgan fingerprint density at radius 2 is 2.13 bits per heavy atom. The number of hydrogen-bond donors (Lipinski definition) is 2. The number of pyridine rings is 1. The number of thiophene rings is 1. The van der Waals surface area contributed by atoms with Gasteiger partial charge in [-0.3, -0.25) is 9.78 Å². The standard InChI is InChI=1S/C24H21N5OS/c25-23-22-21(28-14-29-23)19-8-7-16(13-20(19)31-22)15-4-3-5-17(12-15)24(30)27-11-9-18-6-1-2-10-26-18/h1-4,6-8,10,12-14,17H,5,9,11H2,(H,27,30)(H2,25,28,29). The quantitative estimate of drug-likeness (QED) is 0.499. The van der Waals surface area contributed by atoms with E-state index in [1.165, 1.54) is 6.33 Å². The van der Waals surface area contributed by atoms with E-state index in [1.54, 1.807) is 17.5 Å². The molecular formula is C24H21N5OS. The van der Waals surface area contributed by atoms with Crippen molar-refractivity contribution in [3.63, 3.8) is 0 Å². The summed E-state index contributed by atoms with van der Waals surface area (Å²) in [5, 5.41) is 4.11. The summed E-state index contributed by atoms with van der Waals surface area (Å²) in [6, 6.07) is 12.1. The molecule has 0 bridgehead atoms. The van der Waals surface area contributed by atoms with Gasteiger partial charge in [-0.1, -0.05) is 36.4 Å². The van der Waals surface area contributed by atoms with E-state index >= 15 is 0 Å². The van der Waals surface area contributed by atoms with Gasteiger partial charge in [0.1, 0.15) is 12.1 Å². The van der Waals surface area contributed by atoms with Crippen LogP contribution in [0, 0.1) is 5.92 Å². The minimum absolute atomic E-state index is 0.0452. The maximum absolute atomic E-state index is 12.7. The van der Waals surface area contributed by atoms with Gasteiger partial charge in [-0.25, -0.2) is 9.97 Å². The molecule has 7 heteroatoms. The van der Waals surface area contributed by atoms with E-state index in [9.17, 15) is 4.79 Å². The van der Waals surface area contributed by atoms with Gasteiger partial charge in [-0.15, -0.1) is 11.3 Å². The number of nitrogens with zero attached hydrogens (tertiary/aromatic N) is 3. The molecule has 6 nitrogen and oxygen atoms in total. The lowest BCUT2D eigenvalue weighted by molar-refractivity contribution is -0.123. The first kappa shape index (κ1) is 19.4. The maximum Gasteiger partial charge on any atom is 0.227 e. The number of benzene rings is 1. The predicted molar refractivity (Wildman–Crippen MR) is 126 cm³/mol. The third kappa shape index (κ3) is 3.92. The number of carbonyl (C=O) groups is 1. The number of anilines is 1. The molecule has 1 unspecified atom stereocenters. The van der Waals surface area contributed by atoms with Crippen LogP contribution in [-0.4, -0.2) is 27.4 Å². The molecule has 0 spiro atoms. The minimum atomic E-state index is -0.177. The van der Waals surface area contributed by atoms with Gasteiger partial charge in [0.05, 0.1) is 16.1 Å². The molecule has 4 aromatic rings. The minimum Gasteiger partial charge on any atom is -0.382 e.